The van der Waals surface area contributed by atoms with Crippen molar-refractivity contribution in [3.63, 3.8) is 0 Å². The lowest BCUT2D eigenvalue weighted by molar-refractivity contribution is -0.126. The molecule has 2 amide bonds. The Hall–Kier alpha value is -1.10. The molecule has 2 aliphatic rings. The van der Waals surface area contributed by atoms with Crippen molar-refractivity contribution in [2.75, 3.05) is 32.7 Å². The van der Waals surface area contributed by atoms with Gasteiger partial charge in [0, 0.05) is 19.6 Å². The van der Waals surface area contributed by atoms with Crippen molar-refractivity contribution in [1.29, 1.82) is 0 Å². The van der Waals surface area contributed by atoms with E-state index in [2.05, 4.69) is 10.6 Å². The summed E-state index contributed by atoms with van der Waals surface area (Å²) in [5, 5.41) is 5.63. The SMILES string of the molecule is O=C1CN(CC(=O)NCC2CC2)CCN1. The van der Waals surface area contributed by atoms with Gasteiger partial charge in [-0.2, -0.15) is 0 Å². The summed E-state index contributed by atoms with van der Waals surface area (Å²) in [4.78, 5) is 24.4. The van der Waals surface area contributed by atoms with E-state index >= 15 is 0 Å². The van der Waals surface area contributed by atoms with Gasteiger partial charge in [0.25, 0.3) is 0 Å². The number of carbonyl (C=O) groups excluding carboxylic acids is 2. The molecule has 0 bridgehead atoms. The molecular formula is C10H17N3O2. The Bertz CT molecular complexity index is 263. The summed E-state index contributed by atoms with van der Waals surface area (Å²) in [7, 11) is 0. The molecule has 0 aromatic heterocycles. The van der Waals surface area contributed by atoms with Crippen LogP contribution < -0.4 is 10.6 Å². The Morgan fingerprint density at radius 3 is 3.00 bits per heavy atom. The molecule has 15 heavy (non-hydrogen) atoms. The Morgan fingerprint density at radius 2 is 2.33 bits per heavy atom. The summed E-state index contributed by atoms with van der Waals surface area (Å²) >= 11 is 0. The minimum atomic E-state index is 0.0104. The Balaban J connectivity index is 1.65. The topological polar surface area (TPSA) is 61.4 Å². The highest BCUT2D eigenvalue weighted by molar-refractivity contribution is 5.81. The molecule has 0 radical (unpaired) electrons. The lowest BCUT2D eigenvalue weighted by Crippen LogP contribution is -2.50. The summed E-state index contributed by atoms with van der Waals surface area (Å²) < 4.78 is 0. The summed E-state index contributed by atoms with van der Waals surface area (Å²) in [6.07, 6.45) is 2.48. The van der Waals surface area contributed by atoms with E-state index in [9.17, 15) is 9.59 Å². The molecular weight excluding hydrogens is 194 g/mol. The van der Waals surface area contributed by atoms with Crippen molar-refractivity contribution in [3.05, 3.63) is 0 Å². The quantitative estimate of drug-likeness (QED) is 0.623. The first-order valence-electron chi connectivity index (χ1n) is 5.50. The average molecular weight is 211 g/mol. The number of amides is 2. The van der Waals surface area contributed by atoms with Crippen LogP contribution in [0.1, 0.15) is 12.8 Å². The second-order valence-electron chi connectivity index (χ2n) is 4.31. The molecule has 0 atom stereocenters. The number of rotatable bonds is 4. The molecule has 1 saturated heterocycles. The van der Waals surface area contributed by atoms with Crippen molar-refractivity contribution in [2.24, 2.45) is 5.92 Å². The number of carbonyl (C=O) groups is 2. The van der Waals surface area contributed by atoms with Gasteiger partial charge in [0.2, 0.25) is 11.8 Å². The van der Waals surface area contributed by atoms with E-state index in [1.165, 1.54) is 12.8 Å². The van der Waals surface area contributed by atoms with Crippen LogP contribution >= 0.6 is 0 Å². The lowest BCUT2D eigenvalue weighted by atomic mass is 10.3. The first-order chi connectivity index (χ1) is 7.24. The predicted molar refractivity (Wildman–Crippen MR) is 55.2 cm³/mol. The molecule has 2 fully saturated rings. The van der Waals surface area contributed by atoms with Gasteiger partial charge in [-0.15, -0.1) is 0 Å². The summed E-state index contributed by atoms with van der Waals surface area (Å²) in [5.41, 5.74) is 0. The third-order valence-corrected chi connectivity index (χ3v) is 2.77. The first kappa shape index (κ1) is 10.4. The van der Waals surface area contributed by atoms with Crippen LogP contribution in [0.4, 0.5) is 0 Å². The second-order valence-corrected chi connectivity index (χ2v) is 4.31. The third-order valence-electron chi connectivity index (χ3n) is 2.77. The van der Waals surface area contributed by atoms with Crippen LogP contribution in [0.15, 0.2) is 0 Å². The molecule has 5 heteroatoms. The van der Waals surface area contributed by atoms with Crippen molar-refractivity contribution in [2.45, 2.75) is 12.8 Å². The number of nitrogens with zero attached hydrogens (tertiary/aromatic N) is 1. The van der Waals surface area contributed by atoms with E-state index in [4.69, 9.17) is 0 Å². The van der Waals surface area contributed by atoms with Gasteiger partial charge in [-0.25, -0.2) is 0 Å². The van der Waals surface area contributed by atoms with Crippen molar-refractivity contribution in [1.82, 2.24) is 15.5 Å². The van der Waals surface area contributed by atoms with E-state index in [1.807, 2.05) is 4.90 Å². The summed E-state index contributed by atoms with van der Waals surface area (Å²) in [6, 6.07) is 0. The molecule has 1 saturated carbocycles. The molecule has 0 spiro atoms. The normalized spacial score (nSPS) is 22.3. The van der Waals surface area contributed by atoms with Crippen LogP contribution in [0, 0.1) is 5.92 Å². The van der Waals surface area contributed by atoms with E-state index in [1.54, 1.807) is 0 Å². The van der Waals surface area contributed by atoms with E-state index in [0.717, 1.165) is 13.1 Å². The number of nitrogens with one attached hydrogen (secondary N) is 2. The fourth-order valence-corrected chi connectivity index (χ4v) is 1.67. The standard InChI is InChI=1S/C10H17N3O2/c14-9-6-13(4-3-11-9)7-10(15)12-5-8-1-2-8/h8H,1-7H2,(H,11,14)(H,12,15). The van der Waals surface area contributed by atoms with Gasteiger partial charge in [-0.05, 0) is 18.8 Å². The maximum atomic E-state index is 11.5. The van der Waals surface area contributed by atoms with Gasteiger partial charge in [-0.3, -0.25) is 14.5 Å². The van der Waals surface area contributed by atoms with Crippen LogP contribution in [-0.2, 0) is 9.59 Å². The zero-order chi connectivity index (χ0) is 10.7. The molecule has 2 rings (SSSR count). The molecule has 84 valence electrons. The van der Waals surface area contributed by atoms with Gasteiger partial charge >= 0.3 is 0 Å². The highest BCUT2D eigenvalue weighted by Crippen LogP contribution is 2.27. The van der Waals surface area contributed by atoms with Gasteiger partial charge in [0.15, 0.2) is 0 Å². The molecule has 0 unspecified atom stereocenters. The Labute approximate surface area is 89.2 Å². The molecule has 1 heterocycles. The molecule has 1 aliphatic heterocycles. The predicted octanol–water partition coefficient (Wildman–Crippen LogP) is -1.06. The minimum Gasteiger partial charge on any atom is -0.355 e. The Morgan fingerprint density at radius 1 is 1.53 bits per heavy atom. The Kier molecular flexibility index (Phi) is 3.20. The van der Waals surface area contributed by atoms with Crippen LogP contribution in [0.5, 0.6) is 0 Å². The van der Waals surface area contributed by atoms with Crippen molar-refractivity contribution < 1.29 is 9.59 Å². The minimum absolute atomic E-state index is 0.0104. The molecule has 1 aliphatic carbocycles. The zero-order valence-electron chi connectivity index (χ0n) is 8.79. The van der Waals surface area contributed by atoms with Gasteiger partial charge < -0.3 is 10.6 Å². The van der Waals surface area contributed by atoms with Crippen LogP contribution in [-0.4, -0.2) is 49.4 Å². The summed E-state index contributed by atoms with van der Waals surface area (Å²) in [5.74, 6) is 0.756. The maximum Gasteiger partial charge on any atom is 0.234 e. The summed E-state index contributed by atoms with van der Waals surface area (Å²) in [6.45, 7) is 2.91. The van der Waals surface area contributed by atoms with Gasteiger partial charge in [0.05, 0.1) is 13.1 Å². The van der Waals surface area contributed by atoms with E-state index < -0.39 is 0 Å². The van der Waals surface area contributed by atoms with Crippen molar-refractivity contribution in [3.8, 4) is 0 Å². The molecule has 5 nitrogen and oxygen atoms in total. The van der Waals surface area contributed by atoms with E-state index in [-0.39, 0.29) is 11.8 Å². The zero-order valence-corrected chi connectivity index (χ0v) is 8.79. The largest absolute Gasteiger partial charge is 0.355 e. The highest BCUT2D eigenvalue weighted by atomic mass is 16.2. The number of hydrogen-bond acceptors (Lipinski definition) is 3. The maximum absolute atomic E-state index is 11.5. The van der Waals surface area contributed by atoms with Crippen molar-refractivity contribution >= 4 is 11.8 Å². The first-order valence-corrected chi connectivity index (χ1v) is 5.50. The number of hydrogen-bond donors (Lipinski definition) is 2. The lowest BCUT2D eigenvalue weighted by Gasteiger charge is -2.25. The van der Waals surface area contributed by atoms with Crippen LogP contribution in [0.3, 0.4) is 0 Å². The second kappa shape index (κ2) is 4.61. The molecule has 0 aromatic rings. The van der Waals surface area contributed by atoms with Crippen LogP contribution in [0.25, 0.3) is 0 Å². The van der Waals surface area contributed by atoms with E-state index in [0.29, 0.717) is 25.6 Å². The fraction of sp³-hybridized carbons (Fsp3) is 0.800. The smallest absolute Gasteiger partial charge is 0.234 e. The fourth-order valence-electron chi connectivity index (χ4n) is 1.67. The highest BCUT2D eigenvalue weighted by Gasteiger charge is 2.23. The monoisotopic (exact) mass is 211 g/mol. The number of piperazine rings is 1. The average Bonchev–Trinajstić information content (AvgIpc) is 2.98. The third kappa shape index (κ3) is 3.51. The van der Waals surface area contributed by atoms with Gasteiger partial charge in [-0.1, -0.05) is 0 Å². The molecule has 2 N–H and O–H groups in total. The molecule has 0 aromatic carbocycles. The van der Waals surface area contributed by atoms with Gasteiger partial charge in [0.1, 0.15) is 0 Å². The van der Waals surface area contributed by atoms with Crippen LogP contribution in [0.2, 0.25) is 0 Å².